The van der Waals surface area contributed by atoms with E-state index in [9.17, 15) is 0 Å². The van der Waals surface area contributed by atoms with Gasteiger partial charge in [0.2, 0.25) is 0 Å². The molecule has 1 saturated carbocycles. The number of benzene rings is 1. The highest BCUT2D eigenvalue weighted by Gasteiger charge is 2.21. The van der Waals surface area contributed by atoms with Crippen LogP contribution in [0.2, 0.25) is 0 Å². The van der Waals surface area contributed by atoms with Gasteiger partial charge in [-0.25, -0.2) is 0 Å². The second-order valence-electron chi connectivity index (χ2n) is 5.22. The van der Waals surface area contributed by atoms with Crippen molar-refractivity contribution in [2.45, 2.75) is 45.7 Å². The molecule has 0 saturated heterocycles. The van der Waals surface area contributed by atoms with E-state index in [-0.39, 0.29) is 0 Å². The number of hydrogen-bond donors (Lipinski definition) is 1. The lowest BCUT2D eigenvalue weighted by Crippen LogP contribution is -2.16. The van der Waals surface area contributed by atoms with E-state index >= 15 is 0 Å². The van der Waals surface area contributed by atoms with E-state index in [1.807, 2.05) is 19.1 Å². The Morgan fingerprint density at radius 3 is 2.75 bits per heavy atom. The molecule has 0 atom stereocenters. The molecular formula is C17H25NO2. The van der Waals surface area contributed by atoms with E-state index in [4.69, 9.17) is 9.47 Å². The van der Waals surface area contributed by atoms with Crippen LogP contribution >= 0.6 is 0 Å². The summed E-state index contributed by atoms with van der Waals surface area (Å²) in [5.41, 5.74) is 2.25. The molecule has 3 nitrogen and oxygen atoms in total. The minimum Gasteiger partial charge on any atom is -0.490 e. The number of nitrogens with one attached hydrogen (secondary N) is 1. The van der Waals surface area contributed by atoms with E-state index in [0.29, 0.717) is 19.3 Å². The van der Waals surface area contributed by atoms with Crippen LogP contribution in [0.3, 0.4) is 0 Å². The monoisotopic (exact) mass is 275 g/mol. The molecule has 1 N–H and O–H groups in total. The lowest BCUT2D eigenvalue weighted by molar-refractivity contribution is 0.289. The molecule has 1 aliphatic carbocycles. The third kappa shape index (κ3) is 4.27. The maximum atomic E-state index is 5.96. The van der Waals surface area contributed by atoms with Crippen molar-refractivity contribution in [3.05, 3.63) is 35.9 Å². The first kappa shape index (κ1) is 14.9. The number of hydrogen-bond acceptors (Lipinski definition) is 3. The fraction of sp³-hybridized carbons (Fsp3) is 0.529. The van der Waals surface area contributed by atoms with E-state index in [1.54, 1.807) is 0 Å². The molecule has 0 aromatic heterocycles. The maximum Gasteiger partial charge on any atom is 0.166 e. The van der Waals surface area contributed by atoms with Crippen LogP contribution in [0.5, 0.6) is 11.5 Å². The van der Waals surface area contributed by atoms with E-state index in [1.165, 1.54) is 12.8 Å². The van der Waals surface area contributed by atoms with Crippen LogP contribution < -0.4 is 14.8 Å². The Kier molecular flexibility index (Phi) is 5.48. The zero-order valence-corrected chi connectivity index (χ0v) is 12.6. The van der Waals surface area contributed by atoms with Gasteiger partial charge in [0.1, 0.15) is 6.61 Å². The van der Waals surface area contributed by atoms with Crippen molar-refractivity contribution in [2.24, 2.45) is 0 Å². The number of para-hydroxylation sites is 1. The second-order valence-corrected chi connectivity index (χ2v) is 5.22. The molecular weight excluding hydrogens is 250 g/mol. The van der Waals surface area contributed by atoms with Gasteiger partial charge in [-0.05, 0) is 37.8 Å². The average molecular weight is 275 g/mol. The Labute approximate surface area is 122 Å². The highest BCUT2D eigenvalue weighted by Crippen LogP contribution is 2.32. The number of ether oxygens (including phenoxy) is 2. The molecule has 0 unspecified atom stereocenters. The minimum atomic E-state index is 0.553. The van der Waals surface area contributed by atoms with Gasteiger partial charge >= 0.3 is 0 Å². The SMILES string of the molecule is C=C(CC)COc1c(CNC2CC2)cccc1OCC. The molecule has 0 radical (unpaired) electrons. The van der Waals surface area contributed by atoms with Crippen molar-refractivity contribution in [3.8, 4) is 11.5 Å². The van der Waals surface area contributed by atoms with Crippen LogP contribution in [0, 0.1) is 0 Å². The molecule has 1 aliphatic rings. The Morgan fingerprint density at radius 1 is 1.30 bits per heavy atom. The van der Waals surface area contributed by atoms with Gasteiger partial charge in [0.05, 0.1) is 6.61 Å². The van der Waals surface area contributed by atoms with Crippen molar-refractivity contribution < 1.29 is 9.47 Å². The molecule has 0 amide bonds. The first-order valence-electron chi connectivity index (χ1n) is 7.52. The summed E-state index contributed by atoms with van der Waals surface area (Å²) in [5.74, 6) is 1.68. The summed E-state index contributed by atoms with van der Waals surface area (Å²) in [6.07, 6.45) is 3.51. The van der Waals surface area contributed by atoms with Crippen molar-refractivity contribution in [2.75, 3.05) is 13.2 Å². The fourth-order valence-corrected chi connectivity index (χ4v) is 1.95. The van der Waals surface area contributed by atoms with Crippen molar-refractivity contribution >= 4 is 0 Å². The number of rotatable bonds is 9. The van der Waals surface area contributed by atoms with Crippen molar-refractivity contribution in [1.29, 1.82) is 0 Å². The maximum absolute atomic E-state index is 5.96. The van der Waals surface area contributed by atoms with Gasteiger partial charge in [0.25, 0.3) is 0 Å². The molecule has 0 aliphatic heterocycles. The van der Waals surface area contributed by atoms with Crippen LogP contribution in [0.4, 0.5) is 0 Å². The summed E-state index contributed by atoms with van der Waals surface area (Å²) < 4.78 is 11.6. The molecule has 1 fully saturated rings. The second kappa shape index (κ2) is 7.34. The summed E-state index contributed by atoms with van der Waals surface area (Å²) in [6, 6.07) is 6.77. The first-order chi connectivity index (χ1) is 9.74. The van der Waals surface area contributed by atoms with Crippen molar-refractivity contribution in [3.63, 3.8) is 0 Å². The quantitative estimate of drug-likeness (QED) is 0.697. The van der Waals surface area contributed by atoms with Gasteiger partial charge in [0.15, 0.2) is 11.5 Å². The topological polar surface area (TPSA) is 30.5 Å². The Bertz CT molecular complexity index is 452. The van der Waals surface area contributed by atoms with Crippen LogP contribution in [0.1, 0.15) is 38.7 Å². The minimum absolute atomic E-state index is 0.553. The molecule has 1 aromatic carbocycles. The smallest absolute Gasteiger partial charge is 0.166 e. The van der Waals surface area contributed by atoms with E-state index in [0.717, 1.165) is 35.6 Å². The van der Waals surface area contributed by atoms with Crippen LogP contribution in [-0.2, 0) is 6.54 Å². The summed E-state index contributed by atoms with van der Waals surface area (Å²) in [6.45, 7) is 10.1. The van der Waals surface area contributed by atoms with Gasteiger partial charge in [0, 0.05) is 18.2 Å². The van der Waals surface area contributed by atoms with E-state index in [2.05, 4.69) is 24.9 Å². The third-order valence-electron chi connectivity index (χ3n) is 3.44. The molecule has 0 spiro atoms. The summed E-state index contributed by atoms with van der Waals surface area (Å²) in [5, 5.41) is 3.53. The molecule has 2 rings (SSSR count). The standard InChI is InChI=1S/C17H25NO2/c1-4-13(3)12-20-17-14(11-18-15-9-10-15)7-6-8-16(17)19-5-2/h6-8,15,18H,3-5,9-12H2,1-2H3. The van der Waals surface area contributed by atoms with E-state index < -0.39 is 0 Å². The lowest BCUT2D eigenvalue weighted by Gasteiger charge is -2.16. The summed E-state index contributed by atoms with van der Waals surface area (Å²) in [7, 11) is 0. The van der Waals surface area contributed by atoms with Crippen LogP contribution in [-0.4, -0.2) is 19.3 Å². The van der Waals surface area contributed by atoms with Gasteiger partial charge in [-0.3, -0.25) is 0 Å². The Morgan fingerprint density at radius 2 is 2.10 bits per heavy atom. The van der Waals surface area contributed by atoms with Gasteiger partial charge in [-0.1, -0.05) is 25.6 Å². The van der Waals surface area contributed by atoms with Crippen molar-refractivity contribution in [1.82, 2.24) is 5.32 Å². The largest absolute Gasteiger partial charge is 0.490 e. The Balaban J connectivity index is 2.09. The predicted molar refractivity (Wildman–Crippen MR) is 82.4 cm³/mol. The van der Waals surface area contributed by atoms with Crippen LogP contribution in [0.15, 0.2) is 30.4 Å². The summed E-state index contributed by atoms with van der Waals surface area (Å²) in [4.78, 5) is 0. The zero-order chi connectivity index (χ0) is 14.4. The molecule has 1 aromatic rings. The third-order valence-corrected chi connectivity index (χ3v) is 3.44. The summed E-state index contributed by atoms with van der Waals surface area (Å²) >= 11 is 0. The van der Waals surface area contributed by atoms with Gasteiger partial charge in [-0.15, -0.1) is 0 Å². The molecule has 0 bridgehead atoms. The first-order valence-corrected chi connectivity index (χ1v) is 7.52. The molecule has 3 heteroatoms. The van der Waals surface area contributed by atoms with Crippen LogP contribution in [0.25, 0.3) is 0 Å². The average Bonchev–Trinajstić information content (AvgIpc) is 3.28. The molecule has 20 heavy (non-hydrogen) atoms. The predicted octanol–water partition coefficient (Wildman–Crippen LogP) is 3.68. The highest BCUT2D eigenvalue weighted by atomic mass is 16.5. The van der Waals surface area contributed by atoms with Gasteiger partial charge in [-0.2, -0.15) is 0 Å². The Hall–Kier alpha value is -1.48. The fourth-order valence-electron chi connectivity index (χ4n) is 1.95. The lowest BCUT2D eigenvalue weighted by atomic mass is 10.1. The molecule has 110 valence electrons. The van der Waals surface area contributed by atoms with Gasteiger partial charge < -0.3 is 14.8 Å². The normalized spacial score (nSPS) is 14.1. The molecule has 0 heterocycles. The highest BCUT2D eigenvalue weighted by molar-refractivity contribution is 5.47. The zero-order valence-electron chi connectivity index (χ0n) is 12.6.